The summed E-state index contributed by atoms with van der Waals surface area (Å²) in [4.78, 5) is 41.9. The first-order valence-corrected chi connectivity index (χ1v) is 14.5. The van der Waals surface area contributed by atoms with Gasteiger partial charge in [0.2, 0.25) is 12.6 Å². The van der Waals surface area contributed by atoms with Crippen molar-refractivity contribution in [2.45, 2.75) is 45.6 Å². The number of nitrogens with zero attached hydrogens (tertiary/aromatic N) is 3. The summed E-state index contributed by atoms with van der Waals surface area (Å²) in [5.74, 6) is -2.80. The van der Waals surface area contributed by atoms with Crippen LogP contribution in [-0.2, 0) is 25.4 Å². The second kappa shape index (κ2) is 14.2. The van der Waals surface area contributed by atoms with Crippen LogP contribution in [0.4, 0.5) is 17.6 Å². The van der Waals surface area contributed by atoms with Crippen molar-refractivity contribution in [2.75, 3.05) is 13.7 Å². The van der Waals surface area contributed by atoms with Crippen LogP contribution in [0, 0.1) is 12.7 Å². The number of alkyl halides is 3. The van der Waals surface area contributed by atoms with E-state index in [0.717, 1.165) is 23.2 Å². The van der Waals surface area contributed by atoms with E-state index in [-0.39, 0.29) is 24.5 Å². The SMILES string of the molecule is COc1cc(/C=C2\CCCN([C@@H](C)c3ccc(F)cc3)C2=O)ccc1-[n+]1cc(C)n(COP(=O)(O)O)c1.O=C([O-])C(F)(F)F. The van der Waals surface area contributed by atoms with Gasteiger partial charge >= 0.3 is 14.0 Å². The molecule has 0 unspecified atom stereocenters. The van der Waals surface area contributed by atoms with Crippen molar-refractivity contribution in [1.29, 1.82) is 0 Å². The normalized spacial score (nSPS) is 15.5. The molecule has 2 aromatic carbocycles. The summed E-state index contributed by atoms with van der Waals surface area (Å²) >= 11 is 0. The molecule has 0 radical (unpaired) electrons. The monoisotopic (exact) mass is 643 g/mol. The van der Waals surface area contributed by atoms with Crippen LogP contribution in [0.3, 0.4) is 0 Å². The van der Waals surface area contributed by atoms with Gasteiger partial charge in [0.25, 0.3) is 6.33 Å². The van der Waals surface area contributed by atoms with Crippen molar-refractivity contribution in [3.8, 4) is 11.4 Å². The molecular weight excluding hydrogens is 613 g/mol. The number of aliphatic carboxylic acids is 1. The fourth-order valence-corrected chi connectivity index (χ4v) is 4.69. The fourth-order valence-electron chi connectivity index (χ4n) is 4.41. The number of piperidine rings is 1. The minimum absolute atomic E-state index is 0.0433. The van der Waals surface area contributed by atoms with Crippen molar-refractivity contribution >= 4 is 25.8 Å². The van der Waals surface area contributed by atoms with Crippen molar-refractivity contribution in [1.82, 2.24) is 9.47 Å². The number of aromatic nitrogens is 2. The molecule has 4 rings (SSSR count). The maximum Gasteiger partial charge on any atom is 0.472 e. The van der Waals surface area contributed by atoms with Gasteiger partial charge in [-0.3, -0.25) is 4.79 Å². The topological polar surface area (TPSA) is 145 Å². The van der Waals surface area contributed by atoms with E-state index < -0.39 is 20.0 Å². The van der Waals surface area contributed by atoms with Gasteiger partial charge in [0.15, 0.2) is 11.4 Å². The lowest BCUT2D eigenvalue weighted by Crippen LogP contribution is -2.38. The van der Waals surface area contributed by atoms with Crippen molar-refractivity contribution < 1.29 is 60.4 Å². The summed E-state index contributed by atoms with van der Waals surface area (Å²) in [6.07, 6.45) is 1.61. The number of halogens is 4. The molecule has 44 heavy (non-hydrogen) atoms. The van der Waals surface area contributed by atoms with Crippen LogP contribution in [0.15, 0.2) is 60.6 Å². The summed E-state index contributed by atoms with van der Waals surface area (Å²) in [5, 5.41) is 8.78. The second-order valence-electron chi connectivity index (χ2n) is 9.73. The molecular formula is C28H30F4N3O8P. The predicted octanol–water partition coefficient (Wildman–Crippen LogP) is 3.35. The van der Waals surface area contributed by atoms with E-state index in [1.54, 1.807) is 47.8 Å². The second-order valence-corrected chi connectivity index (χ2v) is 11.0. The number of rotatable bonds is 8. The minimum Gasteiger partial charge on any atom is -0.542 e. The molecule has 2 N–H and O–H groups in total. The average Bonchev–Trinajstić information content (AvgIpc) is 3.32. The number of likely N-dealkylation sites (tertiary alicyclic amines) is 1. The molecule has 0 aliphatic carbocycles. The zero-order chi connectivity index (χ0) is 32.8. The molecule has 0 spiro atoms. The molecule has 238 valence electrons. The number of carbonyl (C=O) groups excluding carboxylic acids is 2. The van der Waals surface area contributed by atoms with Crippen LogP contribution in [0.25, 0.3) is 11.8 Å². The van der Waals surface area contributed by atoms with Gasteiger partial charge in [0.05, 0.1) is 13.2 Å². The number of hydrogen-bond acceptors (Lipinski definition) is 6. The zero-order valence-electron chi connectivity index (χ0n) is 23.8. The summed E-state index contributed by atoms with van der Waals surface area (Å²) in [5.41, 5.74) is 3.82. The van der Waals surface area contributed by atoms with Crippen LogP contribution in [0.2, 0.25) is 0 Å². The third kappa shape index (κ3) is 9.23. The smallest absolute Gasteiger partial charge is 0.472 e. The number of aryl methyl sites for hydroxylation is 1. The molecule has 3 aromatic rings. The summed E-state index contributed by atoms with van der Waals surface area (Å²) < 4.78 is 69.5. The highest BCUT2D eigenvalue weighted by atomic mass is 31.2. The Morgan fingerprint density at radius 1 is 1.20 bits per heavy atom. The zero-order valence-corrected chi connectivity index (χ0v) is 24.7. The van der Waals surface area contributed by atoms with Crippen LogP contribution < -0.4 is 14.4 Å². The number of hydrogen-bond donors (Lipinski definition) is 2. The molecule has 2 heterocycles. The van der Waals surface area contributed by atoms with E-state index in [1.807, 2.05) is 36.1 Å². The van der Waals surface area contributed by atoms with E-state index in [1.165, 1.54) is 12.1 Å². The van der Waals surface area contributed by atoms with E-state index in [0.29, 0.717) is 30.0 Å². The highest BCUT2D eigenvalue weighted by Crippen LogP contribution is 2.36. The number of carboxylic acid groups (broad SMARTS) is 1. The van der Waals surface area contributed by atoms with Gasteiger partial charge in [0, 0.05) is 19.0 Å². The highest BCUT2D eigenvalue weighted by Gasteiger charge is 2.29. The molecule has 1 saturated heterocycles. The number of phosphoric acid groups is 1. The van der Waals surface area contributed by atoms with Gasteiger partial charge in [-0.05, 0) is 61.2 Å². The number of phosphoric ester groups is 1. The molecule has 0 saturated carbocycles. The van der Waals surface area contributed by atoms with E-state index >= 15 is 0 Å². The Morgan fingerprint density at radius 3 is 2.41 bits per heavy atom. The lowest BCUT2D eigenvalue weighted by molar-refractivity contribution is -0.596. The average molecular weight is 644 g/mol. The summed E-state index contributed by atoms with van der Waals surface area (Å²) in [6, 6.07) is 11.6. The van der Waals surface area contributed by atoms with Gasteiger partial charge in [0.1, 0.15) is 23.7 Å². The Morgan fingerprint density at radius 2 is 1.84 bits per heavy atom. The van der Waals surface area contributed by atoms with Gasteiger partial charge in [-0.2, -0.15) is 17.7 Å². The Bertz CT molecular complexity index is 1570. The first-order valence-electron chi connectivity index (χ1n) is 13.0. The molecule has 1 atom stereocenters. The third-order valence-corrected chi connectivity index (χ3v) is 7.11. The Balaban J connectivity index is 0.000000676. The van der Waals surface area contributed by atoms with Crippen molar-refractivity contribution in [3.05, 3.63) is 83.2 Å². The van der Waals surface area contributed by atoms with Gasteiger partial charge in [-0.25, -0.2) is 18.0 Å². The molecule has 1 aliphatic rings. The Labute approximate surface area is 249 Å². The van der Waals surface area contributed by atoms with E-state index in [4.69, 9.17) is 24.4 Å². The molecule has 11 nitrogen and oxygen atoms in total. The molecule has 1 aromatic heterocycles. The van der Waals surface area contributed by atoms with E-state index in [2.05, 4.69) is 4.52 Å². The van der Waals surface area contributed by atoms with Gasteiger partial charge in [-0.1, -0.05) is 18.2 Å². The largest absolute Gasteiger partial charge is 0.542 e. The quantitative estimate of drug-likeness (QED) is 0.165. The van der Waals surface area contributed by atoms with Crippen LogP contribution in [0.5, 0.6) is 5.75 Å². The van der Waals surface area contributed by atoms with E-state index in [9.17, 15) is 26.9 Å². The Kier molecular flexibility index (Phi) is 11.1. The first kappa shape index (κ1) is 34.5. The molecule has 1 fully saturated rings. The number of carboxylic acids is 1. The van der Waals surface area contributed by atoms with Gasteiger partial charge in [-0.15, -0.1) is 0 Å². The number of benzene rings is 2. The number of carbonyl (C=O) groups is 2. The fraction of sp³-hybridized carbons (Fsp3) is 0.321. The lowest BCUT2D eigenvalue weighted by atomic mass is 9.97. The minimum atomic E-state index is -5.19. The summed E-state index contributed by atoms with van der Waals surface area (Å²) in [7, 11) is -3.05. The molecule has 1 aliphatic heterocycles. The third-order valence-electron chi connectivity index (χ3n) is 6.66. The number of imidazole rings is 1. The molecule has 0 bridgehead atoms. The predicted molar refractivity (Wildman–Crippen MR) is 145 cm³/mol. The lowest BCUT2D eigenvalue weighted by Gasteiger charge is -2.34. The number of ether oxygens (including phenoxy) is 1. The highest BCUT2D eigenvalue weighted by molar-refractivity contribution is 7.46. The maximum absolute atomic E-state index is 13.3. The Hall–Kier alpha value is -4.04. The number of amides is 1. The molecule has 1 amide bonds. The van der Waals surface area contributed by atoms with Crippen LogP contribution in [0.1, 0.15) is 42.6 Å². The van der Waals surface area contributed by atoms with Crippen molar-refractivity contribution in [2.24, 2.45) is 0 Å². The summed E-state index contributed by atoms with van der Waals surface area (Å²) in [6.45, 7) is 4.07. The van der Waals surface area contributed by atoms with Crippen molar-refractivity contribution in [3.63, 3.8) is 0 Å². The van der Waals surface area contributed by atoms with Crippen LogP contribution >= 0.6 is 7.82 Å². The van der Waals surface area contributed by atoms with Gasteiger partial charge < -0.3 is 29.3 Å². The standard InChI is InChI=1S/C26H29FN3O6P.C2HF3O2/c1-18-15-28(16-29(18)17-36-37(32,33)34)24-11-6-20(14-25(24)35-3)13-22-5-4-12-30(26(22)31)19(2)21-7-9-23(27)10-8-21;3-2(4,5)1(6)7/h6-11,13-16,19H,4-5,12,17H2,1-3H3,(H-,32,33,34);(H,6,7)/b22-13+;/t19-;/m0./s1. The van der Waals surface area contributed by atoms with Crippen LogP contribution in [-0.4, -0.2) is 51.0 Å². The molecule has 16 heteroatoms. The number of methoxy groups -OCH3 is 1. The first-order chi connectivity index (χ1) is 20.5. The maximum atomic E-state index is 13.3.